The first-order chi connectivity index (χ1) is 8.66. The van der Waals surface area contributed by atoms with Crippen molar-refractivity contribution in [3.8, 4) is 0 Å². The van der Waals surface area contributed by atoms with Crippen LogP contribution in [0.25, 0.3) is 0 Å². The summed E-state index contributed by atoms with van der Waals surface area (Å²) in [5.41, 5.74) is 0.994. The number of carboxylic acids is 1. The van der Waals surface area contributed by atoms with Gasteiger partial charge in [-0.2, -0.15) is 0 Å². The quantitative estimate of drug-likeness (QED) is 0.893. The fourth-order valence-electron chi connectivity index (χ4n) is 1.85. The van der Waals surface area contributed by atoms with E-state index in [0.717, 1.165) is 25.2 Å². The molecule has 18 heavy (non-hydrogen) atoms. The monoisotopic (exact) mass is 270 g/mol. The Labute approximate surface area is 110 Å². The molecule has 1 aromatic rings. The van der Waals surface area contributed by atoms with E-state index in [4.69, 9.17) is 26.2 Å². The zero-order valence-corrected chi connectivity index (χ0v) is 10.7. The van der Waals surface area contributed by atoms with E-state index in [9.17, 15) is 4.79 Å². The molecule has 1 heterocycles. The van der Waals surface area contributed by atoms with Gasteiger partial charge in [-0.05, 0) is 24.1 Å². The molecule has 5 heteroatoms. The molecule has 0 saturated carbocycles. The molecule has 1 aromatic carbocycles. The summed E-state index contributed by atoms with van der Waals surface area (Å²) in [5, 5.41) is 9.24. The standard InChI is InChI=1S/C13H15ClO4/c14-12-5-10(13(15)16)1-2-11(12)8-18-7-9-3-4-17-6-9/h1-2,5,9H,3-4,6-8H2,(H,15,16). The van der Waals surface area contributed by atoms with Crippen LogP contribution in [-0.4, -0.2) is 30.9 Å². The van der Waals surface area contributed by atoms with E-state index >= 15 is 0 Å². The normalized spacial score (nSPS) is 19.1. The zero-order chi connectivity index (χ0) is 13.0. The SMILES string of the molecule is O=C(O)c1ccc(COCC2CCOC2)c(Cl)c1. The van der Waals surface area contributed by atoms with Crippen molar-refractivity contribution in [2.45, 2.75) is 13.0 Å². The van der Waals surface area contributed by atoms with Gasteiger partial charge in [0.2, 0.25) is 0 Å². The van der Waals surface area contributed by atoms with Crippen LogP contribution in [0.15, 0.2) is 18.2 Å². The summed E-state index contributed by atoms with van der Waals surface area (Å²) in [7, 11) is 0. The Bertz CT molecular complexity index is 427. The Hall–Kier alpha value is -1.10. The second kappa shape index (κ2) is 6.18. The third-order valence-corrected chi connectivity index (χ3v) is 3.29. The van der Waals surface area contributed by atoms with Crippen LogP contribution in [0.5, 0.6) is 0 Å². The number of benzene rings is 1. The minimum atomic E-state index is -0.979. The molecule has 0 aliphatic carbocycles. The lowest BCUT2D eigenvalue weighted by Gasteiger charge is -2.10. The first kappa shape index (κ1) is 13.3. The van der Waals surface area contributed by atoms with Crippen molar-refractivity contribution in [3.05, 3.63) is 34.3 Å². The Morgan fingerprint density at radius 2 is 2.39 bits per heavy atom. The van der Waals surface area contributed by atoms with Crippen molar-refractivity contribution >= 4 is 17.6 Å². The molecule has 0 spiro atoms. The predicted molar refractivity (Wildman–Crippen MR) is 67.0 cm³/mol. The highest BCUT2D eigenvalue weighted by atomic mass is 35.5. The maximum atomic E-state index is 10.7. The topological polar surface area (TPSA) is 55.8 Å². The van der Waals surface area contributed by atoms with Crippen molar-refractivity contribution < 1.29 is 19.4 Å². The fourth-order valence-corrected chi connectivity index (χ4v) is 2.08. The number of carboxylic acid groups (broad SMARTS) is 1. The van der Waals surface area contributed by atoms with Crippen molar-refractivity contribution in [3.63, 3.8) is 0 Å². The number of halogens is 1. The molecule has 0 amide bonds. The fraction of sp³-hybridized carbons (Fsp3) is 0.462. The number of aromatic carboxylic acids is 1. The van der Waals surface area contributed by atoms with Crippen LogP contribution in [0.2, 0.25) is 5.02 Å². The maximum absolute atomic E-state index is 10.7. The van der Waals surface area contributed by atoms with Crippen LogP contribution in [0.3, 0.4) is 0 Å². The third kappa shape index (κ3) is 3.45. The van der Waals surface area contributed by atoms with E-state index < -0.39 is 5.97 Å². The summed E-state index contributed by atoms with van der Waals surface area (Å²) < 4.78 is 10.8. The Morgan fingerprint density at radius 1 is 1.56 bits per heavy atom. The van der Waals surface area contributed by atoms with Gasteiger partial charge in [0.1, 0.15) is 0 Å². The van der Waals surface area contributed by atoms with Crippen LogP contribution in [0.4, 0.5) is 0 Å². The number of ether oxygens (including phenoxy) is 2. The first-order valence-corrected chi connectivity index (χ1v) is 6.22. The molecular weight excluding hydrogens is 256 g/mol. The van der Waals surface area contributed by atoms with Crippen molar-refractivity contribution in [2.24, 2.45) is 5.92 Å². The molecule has 2 rings (SSSR count). The van der Waals surface area contributed by atoms with Gasteiger partial charge in [0, 0.05) is 17.5 Å². The van der Waals surface area contributed by atoms with E-state index in [-0.39, 0.29) is 5.56 Å². The molecule has 0 bridgehead atoms. The number of hydrogen-bond donors (Lipinski definition) is 1. The van der Waals surface area contributed by atoms with Crippen LogP contribution < -0.4 is 0 Å². The van der Waals surface area contributed by atoms with Gasteiger partial charge in [-0.1, -0.05) is 17.7 Å². The van der Waals surface area contributed by atoms with Crippen LogP contribution in [-0.2, 0) is 16.1 Å². The molecule has 0 radical (unpaired) electrons. The largest absolute Gasteiger partial charge is 0.478 e. The Balaban J connectivity index is 1.87. The summed E-state index contributed by atoms with van der Waals surface area (Å²) in [6.45, 7) is 2.61. The van der Waals surface area contributed by atoms with Gasteiger partial charge < -0.3 is 14.6 Å². The number of hydrogen-bond acceptors (Lipinski definition) is 3. The van der Waals surface area contributed by atoms with E-state index in [1.54, 1.807) is 6.07 Å². The lowest BCUT2D eigenvalue weighted by molar-refractivity contribution is 0.0695. The van der Waals surface area contributed by atoms with Gasteiger partial charge in [0.05, 0.1) is 25.4 Å². The molecule has 1 atom stereocenters. The lowest BCUT2D eigenvalue weighted by atomic mass is 10.1. The molecule has 0 aromatic heterocycles. The van der Waals surface area contributed by atoms with Crippen LogP contribution in [0.1, 0.15) is 22.3 Å². The highest BCUT2D eigenvalue weighted by molar-refractivity contribution is 6.31. The molecular formula is C13H15ClO4. The van der Waals surface area contributed by atoms with Gasteiger partial charge in [0.15, 0.2) is 0 Å². The molecule has 4 nitrogen and oxygen atoms in total. The van der Waals surface area contributed by atoms with Gasteiger partial charge >= 0.3 is 5.97 Å². The zero-order valence-electron chi connectivity index (χ0n) is 9.89. The minimum absolute atomic E-state index is 0.188. The number of carbonyl (C=O) groups is 1. The molecule has 1 saturated heterocycles. The van der Waals surface area contributed by atoms with Gasteiger partial charge in [-0.15, -0.1) is 0 Å². The van der Waals surface area contributed by atoms with E-state index in [2.05, 4.69) is 0 Å². The van der Waals surface area contributed by atoms with Crippen LogP contribution in [0, 0.1) is 5.92 Å². The molecule has 1 unspecified atom stereocenters. The Kier molecular flexibility index (Phi) is 4.58. The Morgan fingerprint density at radius 3 is 3.00 bits per heavy atom. The third-order valence-electron chi connectivity index (χ3n) is 2.94. The van der Waals surface area contributed by atoms with E-state index in [0.29, 0.717) is 24.2 Å². The molecule has 1 aliphatic heterocycles. The summed E-state index contributed by atoms with van der Waals surface area (Å²) in [5.74, 6) is -0.519. The van der Waals surface area contributed by atoms with Crippen molar-refractivity contribution in [2.75, 3.05) is 19.8 Å². The molecule has 1 N–H and O–H groups in total. The van der Waals surface area contributed by atoms with Gasteiger partial charge in [-0.3, -0.25) is 0 Å². The lowest BCUT2D eigenvalue weighted by Crippen LogP contribution is -2.09. The first-order valence-electron chi connectivity index (χ1n) is 5.84. The van der Waals surface area contributed by atoms with Crippen LogP contribution >= 0.6 is 11.6 Å². The highest BCUT2D eigenvalue weighted by Gasteiger charge is 2.15. The average Bonchev–Trinajstić information content (AvgIpc) is 2.84. The van der Waals surface area contributed by atoms with Gasteiger partial charge in [-0.25, -0.2) is 4.79 Å². The average molecular weight is 271 g/mol. The van der Waals surface area contributed by atoms with Crippen molar-refractivity contribution in [1.29, 1.82) is 0 Å². The molecule has 98 valence electrons. The second-order valence-corrected chi connectivity index (χ2v) is 4.76. The summed E-state index contributed by atoms with van der Waals surface area (Å²) >= 11 is 6.00. The molecule has 1 aliphatic rings. The predicted octanol–water partition coefficient (Wildman–Crippen LogP) is 2.59. The van der Waals surface area contributed by atoms with E-state index in [1.165, 1.54) is 12.1 Å². The maximum Gasteiger partial charge on any atom is 0.335 e. The highest BCUT2D eigenvalue weighted by Crippen LogP contribution is 2.20. The molecule has 1 fully saturated rings. The minimum Gasteiger partial charge on any atom is -0.478 e. The summed E-state index contributed by atoms with van der Waals surface area (Å²) in [6, 6.07) is 4.67. The summed E-state index contributed by atoms with van der Waals surface area (Å²) in [6.07, 6.45) is 1.03. The van der Waals surface area contributed by atoms with Crippen molar-refractivity contribution in [1.82, 2.24) is 0 Å². The summed E-state index contributed by atoms with van der Waals surface area (Å²) in [4.78, 5) is 10.7. The van der Waals surface area contributed by atoms with Gasteiger partial charge in [0.25, 0.3) is 0 Å². The number of rotatable bonds is 5. The smallest absolute Gasteiger partial charge is 0.335 e. The van der Waals surface area contributed by atoms with E-state index in [1.807, 2.05) is 0 Å². The second-order valence-electron chi connectivity index (χ2n) is 4.36.